The van der Waals surface area contributed by atoms with E-state index in [0.29, 0.717) is 25.4 Å². The van der Waals surface area contributed by atoms with Crippen LogP contribution >= 0.6 is 0 Å². The fourth-order valence-electron chi connectivity index (χ4n) is 2.03. The van der Waals surface area contributed by atoms with E-state index in [1.807, 2.05) is 11.5 Å². The Morgan fingerprint density at radius 3 is 2.78 bits per heavy atom. The number of benzene rings is 1. The van der Waals surface area contributed by atoms with Gasteiger partial charge in [-0.05, 0) is 26.0 Å². The maximum Gasteiger partial charge on any atom is 0.414 e. The highest BCUT2D eigenvalue weighted by Crippen LogP contribution is 2.21. The van der Waals surface area contributed by atoms with Gasteiger partial charge in [0.2, 0.25) is 0 Å². The number of rotatable bonds is 6. The summed E-state index contributed by atoms with van der Waals surface area (Å²) in [6, 6.07) is 5.23. The van der Waals surface area contributed by atoms with Gasteiger partial charge in [0.25, 0.3) is 0 Å². The number of hydrogen-bond donors (Lipinski definition) is 0. The van der Waals surface area contributed by atoms with Gasteiger partial charge >= 0.3 is 12.1 Å². The fraction of sp³-hybridized carbons (Fsp3) is 0.438. The van der Waals surface area contributed by atoms with E-state index in [9.17, 15) is 9.59 Å². The topological polar surface area (TPSA) is 73.7 Å². The summed E-state index contributed by atoms with van der Waals surface area (Å²) in [7, 11) is 1.67. The third-order valence-corrected chi connectivity index (χ3v) is 3.45. The van der Waals surface area contributed by atoms with Crippen molar-refractivity contribution in [2.75, 3.05) is 20.2 Å². The minimum Gasteiger partial charge on any atom is -0.466 e. The average molecular weight is 319 g/mol. The van der Waals surface area contributed by atoms with E-state index in [-0.39, 0.29) is 12.4 Å². The molecule has 23 heavy (non-hydrogen) atoms. The molecule has 1 aromatic heterocycles. The number of carbonyl (C=O) groups is 2. The van der Waals surface area contributed by atoms with Crippen molar-refractivity contribution in [3.8, 4) is 5.75 Å². The number of ether oxygens (including phenoxy) is 2. The van der Waals surface area contributed by atoms with Crippen LogP contribution in [0.2, 0.25) is 0 Å². The molecule has 2 aromatic rings. The first kappa shape index (κ1) is 16.8. The lowest BCUT2D eigenvalue weighted by Gasteiger charge is -2.14. The molecule has 7 nitrogen and oxygen atoms in total. The van der Waals surface area contributed by atoms with Crippen molar-refractivity contribution >= 4 is 23.1 Å². The van der Waals surface area contributed by atoms with Gasteiger partial charge in [-0.25, -0.2) is 9.78 Å². The molecule has 7 heteroatoms. The molecule has 0 N–H and O–H groups in total. The number of aromatic nitrogens is 2. The molecule has 1 amide bonds. The first-order chi connectivity index (χ1) is 11.0. The first-order valence-electron chi connectivity index (χ1n) is 7.58. The molecule has 0 unspecified atom stereocenters. The molecule has 0 radical (unpaired) electrons. The maximum atomic E-state index is 11.8. The van der Waals surface area contributed by atoms with E-state index in [4.69, 9.17) is 9.47 Å². The maximum absolute atomic E-state index is 11.8. The quantitative estimate of drug-likeness (QED) is 0.765. The van der Waals surface area contributed by atoms with Gasteiger partial charge in [-0.3, -0.25) is 4.79 Å². The Bertz CT molecular complexity index is 696. The van der Waals surface area contributed by atoms with E-state index in [1.54, 1.807) is 38.5 Å². The van der Waals surface area contributed by atoms with Crippen molar-refractivity contribution < 1.29 is 19.1 Å². The van der Waals surface area contributed by atoms with Crippen LogP contribution in [0, 0.1) is 0 Å². The van der Waals surface area contributed by atoms with E-state index in [2.05, 4.69) is 4.98 Å². The van der Waals surface area contributed by atoms with Gasteiger partial charge in [0.1, 0.15) is 5.75 Å². The van der Waals surface area contributed by atoms with Crippen molar-refractivity contribution in [3.05, 3.63) is 24.5 Å². The fourth-order valence-corrected chi connectivity index (χ4v) is 2.03. The second-order valence-electron chi connectivity index (χ2n) is 5.03. The normalized spacial score (nSPS) is 10.6. The molecule has 2 rings (SSSR count). The summed E-state index contributed by atoms with van der Waals surface area (Å²) in [6.07, 6.45) is 1.51. The molecule has 0 aliphatic rings. The Hall–Kier alpha value is -2.57. The standard InChI is InChI=1S/C16H21N3O4/c1-4-18(3)16(21)23-12-6-7-13-14(10-12)19(11-17-13)9-8-15(20)22-5-2/h6-7,10-11H,4-5,8-9H2,1-3H3. The lowest BCUT2D eigenvalue weighted by molar-refractivity contribution is -0.143. The second-order valence-corrected chi connectivity index (χ2v) is 5.03. The SMILES string of the molecule is CCOC(=O)CCn1cnc2ccc(OC(=O)N(C)CC)cc21. The zero-order valence-corrected chi connectivity index (χ0v) is 13.6. The molecule has 1 aromatic carbocycles. The minimum atomic E-state index is -0.413. The Labute approximate surface area is 134 Å². The van der Waals surface area contributed by atoms with E-state index in [0.717, 1.165) is 11.0 Å². The summed E-state index contributed by atoms with van der Waals surface area (Å²) in [5, 5.41) is 0. The van der Waals surface area contributed by atoms with Gasteiger partial charge in [0.15, 0.2) is 0 Å². The highest BCUT2D eigenvalue weighted by molar-refractivity contribution is 5.79. The molecular formula is C16H21N3O4. The lowest BCUT2D eigenvalue weighted by Crippen LogP contribution is -2.29. The largest absolute Gasteiger partial charge is 0.466 e. The van der Waals surface area contributed by atoms with Crippen LogP contribution in [-0.2, 0) is 16.1 Å². The minimum absolute atomic E-state index is 0.249. The van der Waals surface area contributed by atoms with Crippen molar-refractivity contribution in [2.45, 2.75) is 26.8 Å². The van der Waals surface area contributed by atoms with Gasteiger partial charge in [0.05, 0.1) is 30.4 Å². The summed E-state index contributed by atoms with van der Waals surface area (Å²) in [5.74, 6) is 0.196. The second kappa shape index (κ2) is 7.62. The Kier molecular flexibility index (Phi) is 5.56. The molecule has 0 saturated heterocycles. The molecular weight excluding hydrogens is 298 g/mol. The van der Waals surface area contributed by atoms with Crippen LogP contribution in [0.15, 0.2) is 24.5 Å². The lowest BCUT2D eigenvalue weighted by atomic mass is 10.3. The van der Waals surface area contributed by atoms with E-state index in [1.165, 1.54) is 4.90 Å². The number of hydrogen-bond acceptors (Lipinski definition) is 5. The molecule has 124 valence electrons. The van der Waals surface area contributed by atoms with Crippen molar-refractivity contribution in [1.29, 1.82) is 0 Å². The van der Waals surface area contributed by atoms with Crippen molar-refractivity contribution in [1.82, 2.24) is 14.5 Å². The number of amides is 1. The predicted molar refractivity (Wildman–Crippen MR) is 85.3 cm³/mol. The number of nitrogens with zero attached hydrogens (tertiary/aromatic N) is 3. The summed E-state index contributed by atoms with van der Waals surface area (Å²) in [5.41, 5.74) is 1.58. The monoisotopic (exact) mass is 319 g/mol. The summed E-state index contributed by atoms with van der Waals surface area (Å²) < 4.78 is 12.1. The smallest absolute Gasteiger partial charge is 0.414 e. The van der Waals surface area contributed by atoms with Crippen LogP contribution in [0.4, 0.5) is 4.79 Å². The van der Waals surface area contributed by atoms with Gasteiger partial charge in [-0.1, -0.05) is 0 Å². The van der Waals surface area contributed by atoms with E-state index < -0.39 is 6.09 Å². The summed E-state index contributed by atoms with van der Waals surface area (Å²) in [6.45, 7) is 5.04. The van der Waals surface area contributed by atoms with Gasteiger partial charge in [-0.15, -0.1) is 0 Å². The third kappa shape index (κ3) is 4.21. The molecule has 0 spiro atoms. The van der Waals surface area contributed by atoms with Crippen LogP contribution in [0.1, 0.15) is 20.3 Å². The number of esters is 1. The predicted octanol–water partition coefficient (Wildman–Crippen LogP) is 2.44. The number of aryl methyl sites for hydroxylation is 1. The molecule has 0 saturated carbocycles. The van der Waals surface area contributed by atoms with Crippen molar-refractivity contribution in [3.63, 3.8) is 0 Å². The Morgan fingerprint density at radius 1 is 1.30 bits per heavy atom. The zero-order valence-electron chi connectivity index (χ0n) is 13.6. The molecule has 0 atom stereocenters. The molecule has 1 heterocycles. The van der Waals surface area contributed by atoms with Gasteiger partial charge < -0.3 is 18.9 Å². The highest BCUT2D eigenvalue weighted by Gasteiger charge is 2.11. The average Bonchev–Trinajstić information content (AvgIpc) is 2.94. The first-order valence-corrected chi connectivity index (χ1v) is 7.58. The summed E-state index contributed by atoms with van der Waals surface area (Å²) >= 11 is 0. The molecule has 0 aliphatic heterocycles. The van der Waals surface area contributed by atoms with Gasteiger partial charge in [0, 0.05) is 26.2 Å². The van der Waals surface area contributed by atoms with Crippen LogP contribution in [0.25, 0.3) is 11.0 Å². The number of carbonyl (C=O) groups excluding carboxylic acids is 2. The Morgan fingerprint density at radius 2 is 2.09 bits per heavy atom. The van der Waals surface area contributed by atoms with E-state index >= 15 is 0 Å². The van der Waals surface area contributed by atoms with Crippen LogP contribution < -0.4 is 4.74 Å². The molecule has 0 aliphatic carbocycles. The van der Waals surface area contributed by atoms with Gasteiger partial charge in [-0.2, -0.15) is 0 Å². The highest BCUT2D eigenvalue weighted by atomic mass is 16.6. The van der Waals surface area contributed by atoms with Crippen LogP contribution in [0.3, 0.4) is 0 Å². The summed E-state index contributed by atoms with van der Waals surface area (Å²) in [4.78, 5) is 29.0. The Balaban J connectivity index is 2.13. The van der Waals surface area contributed by atoms with Crippen LogP contribution in [0.5, 0.6) is 5.75 Å². The zero-order chi connectivity index (χ0) is 16.8. The third-order valence-electron chi connectivity index (χ3n) is 3.45. The number of imidazole rings is 1. The number of fused-ring (bicyclic) bond motifs is 1. The van der Waals surface area contributed by atoms with Crippen molar-refractivity contribution in [2.24, 2.45) is 0 Å². The van der Waals surface area contributed by atoms with Crippen LogP contribution in [-0.4, -0.2) is 46.7 Å². The molecule has 0 fully saturated rings. The molecule has 0 bridgehead atoms.